The molecule has 0 heterocycles. The summed E-state index contributed by atoms with van der Waals surface area (Å²) in [6.45, 7) is 0. The van der Waals surface area contributed by atoms with Gasteiger partial charge in [0, 0.05) is 63.4 Å². The molecular weight excluding hydrogens is 386 g/mol. The van der Waals surface area contributed by atoms with E-state index < -0.39 is 43.9 Å². The first kappa shape index (κ1) is 30.4. The molecular formula is H4O12S4Zn-4. The van der Waals surface area contributed by atoms with Gasteiger partial charge in [-0.05, 0) is 0 Å². The van der Waals surface area contributed by atoms with E-state index in [1.807, 2.05) is 0 Å². The minimum Gasteiger partial charge on any atom is -0.439 e. The smallest absolute Gasteiger partial charge is 0.0495 e. The predicted octanol–water partition coefficient (Wildman–Crippen LogP) is -0.928. The van der Waals surface area contributed by atoms with Crippen molar-refractivity contribution in [3.8, 4) is 0 Å². The molecule has 0 aliphatic carbocycles. The van der Waals surface area contributed by atoms with Crippen LogP contribution < -0.4 is 0 Å². The van der Waals surface area contributed by atoms with Gasteiger partial charge in [-0.3, -0.25) is 0 Å². The van der Waals surface area contributed by atoms with E-state index in [9.17, 15) is 0 Å². The molecule has 0 aliphatic rings. The van der Waals surface area contributed by atoms with Gasteiger partial charge in [0.2, 0.25) is 0 Å². The summed E-state index contributed by atoms with van der Waals surface area (Å²) in [5.41, 5.74) is 0. The van der Waals surface area contributed by atoms with Crippen molar-refractivity contribution in [3.63, 3.8) is 0 Å². The van der Waals surface area contributed by atoms with Crippen molar-refractivity contribution in [1.29, 1.82) is 0 Å². The third kappa shape index (κ3) is 47700. The van der Waals surface area contributed by atoms with Gasteiger partial charge in [0.1, 0.15) is 0 Å². The van der Waals surface area contributed by atoms with Gasteiger partial charge in [0.05, 0.1) is 0 Å². The van der Waals surface area contributed by atoms with Crippen LogP contribution in [0.3, 0.4) is 0 Å². The molecule has 0 aromatic rings. The quantitative estimate of drug-likeness (QED) is 0.171. The second-order valence-corrected chi connectivity index (χ2v) is 2.61. The third-order valence-electron chi connectivity index (χ3n) is 0. The van der Waals surface area contributed by atoms with Crippen LogP contribution in [0.15, 0.2) is 0 Å². The standard InChI is InChI=1S/4HO3S.Zn/c4*1-4(2)3;/h4*(H,1,2,3);/q4*-1;. The van der Waals surface area contributed by atoms with Crippen molar-refractivity contribution < 1.29 is 71.4 Å². The van der Waals surface area contributed by atoms with E-state index in [0.29, 0.717) is 0 Å². The molecule has 4 N–H and O–H groups in total. The fourth-order valence-corrected chi connectivity index (χ4v) is 0. The zero-order valence-electron chi connectivity index (χ0n) is 7.39. The first-order valence-corrected chi connectivity index (χ1v) is 6.19. The maximum Gasteiger partial charge on any atom is 0.0495 e. The van der Waals surface area contributed by atoms with E-state index in [-0.39, 0.29) is 19.5 Å². The molecule has 0 aliphatic heterocycles. The summed E-state index contributed by atoms with van der Waals surface area (Å²) < 4.78 is 96.3. The molecule has 0 bridgehead atoms. The summed E-state index contributed by atoms with van der Waals surface area (Å²) in [5, 5.41) is 0. The van der Waals surface area contributed by atoms with Crippen molar-refractivity contribution in [1.82, 2.24) is 0 Å². The maximum absolute atomic E-state index is 8.56. The van der Waals surface area contributed by atoms with Crippen LogP contribution >= 0.6 is 0 Å². The Morgan fingerprint density at radius 2 is 0.412 bits per heavy atom. The molecule has 12 nitrogen and oxygen atoms in total. The molecule has 0 aromatic carbocycles. The maximum atomic E-state index is 8.56. The second-order valence-electron chi connectivity index (χ2n) is 0.868. The zero-order chi connectivity index (χ0) is 14.3. The van der Waals surface area contributed by atoms with E-state index in [4.69, 9.17) is 51.9 Å². The zero-order valence-corrected chi connectivity index (χ0v) is 13.6. The molecule has 0 fully saturated rings. The van der Waals surface area contributed by atoms with Crippen molar-refractivity contribution in [2.24, 2.45) is 0 Å². The van der Waals surface area contributed by atoms with Crippen LogP contribution in [0, 0.1) is 0 Å². The normalized spacial score (nSPS) is 8.00. The molecule has 0 saturated carbocycles. The van der Waals surface area contributed by atoms with E-state index in [0.717, 1.165) is 0 Å². The second kappa shape index (κ2) is 25.2. The van der Waals surface area contributed by atoms with Crippen LogP contribution in [0.5, 0.6) is 0 Å². The Bertz CT molecular complexity index is 292. The fraction of sp³-hybridized carbons (Fsp3) is 0. The van der Waals surface area contributed by atoms with Crippen LogP contribution in [0.25, 0.3) is 0 Å². The minimum absolute atomic E-state index is 0. The molecule has 0 spiro atoms. The van der Waals surface area contributed by atoms with E-state index in [1.54, 1.807) is 0 Å². The summed E-state index contributed by atoms with van der Waals surface area (Å²) in [6.07, 6.45) is 0. The number of hydrogen-bond donors (Lipinski definition) is 4. The van der Waals surface area contributed by atoms with Crippen molar-refractivity contribution in [2.45, 2.75) is 0 Å². The van der Waals surface area contributed by atoms with E-state index >= 15 is 0 Å². The topological polar surface area (TPSA) is 217 Å². The Balaban J connectivity index is -0.0000000369. The Kier molecular flexibility index (Phi) is 45.0. The van der Waals surface area contributed by atoms with Gasteiger partial charge in [-0.15, -0.1) is 0 Å². The van der Waals surface area contributed by atoms with Crippen molar-refractivity contribution in [2.75, 3.05) is 0 Å². The van der Waals surface area contributed by atoms with Gasteiger partial charge in [0.15, 0.2) is 0 Å². The molecule has 0 rings (SSSR count). The fourth-order valence-electron chi connectivity index (χ4n) is 0. The predicted molar refractivity (Wildman–Crippen MR) is 45.5 cm³/mol. The van der Waals surface area contributed by atoms with Crippen molar-refractivity contribution >= 4 is 43.9 Å². The van der Waals surface area contributed by atoms with Crippen molar-refractivity contribution in [3.05, 3.63) is 0 Å². The van der Waals surface area contributed by atoms with Gasteiger partial charge in [-0.1, -0.05) is 0 Å². The van der Waals surface area contributed by atoms with Gasteiger partial charge < -0.3 is 51.9 Å². The minimum atomic E-state index is -2.86. The SMILES string of the molecule is O=[S-](=O)O.O=[S-](=O)O.O=[S-](=O)O.O=[S-](=O)O.[Zn]. The largest absolute Gasteiger partial charge is 0.439 e. The molecule has 17 heteroatoms. The van der Waals surface area contributed by atoms with Gasteiger partial charge >= 0.3 is 0 Å². The Morgan fingerprint density at radius 3 is 0.412 bits per heavy atom. The molecule has 0 saturated heterocycles. The molecule has 0 aromatic heterocycles. The Labute approximate surface area is 115 Å². The Hall–Kier alpha value is 0.263. The van der Waals surface area contributed by atoms with Crippen LogP contribution in [0.2, 0.25) is 0 Å². The summed E-state index contributed by atoms with van der Waals surface area (Å²) in [7, 11) is -11.4. The monoisotopic (exact) mass is 388 g/mol. The van der Waals surface area contributed by atoms with E-state index in [1.165, 1.54) is 0 Å². The summed E-state index contributed by atoms with van der Waals surface area (Å²) in [5.74, 6) is 0. The third-order valence-corrected chi connectivity index (χ3v) is 0. The van der Waals surface area contributed by atoms with Gasteiger partial charge in [-0.2, -0.15) is 0 Å². The van der Waals surface area contributed by atoms with Crippen LogP contribution in [-0.2, 0) is 97.1 Å². The average Bonchev–Trinajstić information content (AvgIpc) is 1.76. The molecule has 0 atom stereocenters. The van der Waals surface area contributed by atoms with E-state index in [2.05, 4.69) is 0 Å². The molecule has 0 unspecified atom stereocenters. The summed E-state index contributed by atoms with van der Waals surface area (Å²) in [6, 6.07) is 0. The summed E-state index contributed by atoms with van der Waals surface area (Å²) >= 11 is 0. The first-order valence-electron chi connectivity index (χ1n) is 2.06. The molecule has 17 heavy (non-hydrogen) atoms. The summed E-state index contributed by atoms with van der Waals surface area (Å²) in [4.78, 5) is 0. The van der Waals surface area contributed by atoms with Gasteiger partial charge in [-0.25, -0.2) is 0 Å². The average molecular weight is 390 g/mol. The number of hydrogen-bond acceptors (Lipinski definition) is 12. The Morgan fingerprint density at radius 1 is 0.412 bits per heavy atom. The number of rotatable bonds is 0. The molecule has 0 radical (unpaired) electrons. The van der Waals surface area contributed by atoms with Gasteiger partial charge in [0.25, 0.3) is 0 Å². The first-order chi connectivity index (χ1) is 6.93. The molecule has 0 amide bonds. The van der Waals surface area contributed by atoms with Crippen LogP contribution in [-0.4, -0.2) is 18.2 Å². The van der Waals surface area contributed by atoms with Crippen LogP contribution in [0.1, 0.15) is 0 Å². The molecule has 106 valence electrons. The van der Waals surface area contributed by atoms with Crippen LogP contribution in [0.4, 0.5) is 0 Å².